The van der Waals surface area contributed by atoms with Gasteiger partial charge in [0.2, 0.25) is 5.91 Å². The van der Waals surface area contributed by atoms with Gasteiger partial charge in [-0.2, -0.15) is 0 Å². The van der Waals surface area contributed by atoms with Crippen molar-refractivity contribution in [3.8, 4) is 0 Å². The molecular formula is C53H109N2O6P. The summed E-state index contributed by atoms with van der Waals surface area (Å²) in [5, 5.41) is 13.9. The zero-order valence-corrected chi connectivity index (χ0v) is 42.5. The number of nitrogens with two attached hydrogens (primary N) is 1. The second-order valence-electron chi connectivity index (χ2n) is 19.2. The van der Waals surface area contributed by atoms with Gasteiger partial charge in [-0.15, -0.1) is 0 Å². The van der Waals surface area contributed by atoms with Crippen molar-refractivity contribution < 1.29 is 28.4 Å². The largest absolute Gasteiger partial charge is 0.472 e. The monoisotopic (exact) mass is 901 g/mol. The lowest BCUT2D eigenvalue weighted by molar-refractivity contribution is -0.123. The van der Waals surface area contributed by atoms with Gasteiger partial charge in [0.1, 0.15) is 0 Å². The molecule has 1 unspecified atom stereocenters. The Morgan fingerprint density at radius 1 is 0.468 bits per heavy atom. The number of nitrogens with one attached hydrogen (secondary N) is 1. The van der Waals surface area contributed by atoms with Crippen LogP contribution in [0, 0.1) is 0 Å². The third-order valence-corrected chi connectivity index (χ3v) is 13.9. The SMILES string of the molecule is CCCCCCCCCCCCCCCCCCCCCCCCCCCCCC(=O)N[C@@H](COP(=O)(O)OCCN)[C@H](O)CCCCCCCCCCCCCCCCCC. The Morgan fingerprint density at radius 3 is 1.03 bits per heavy atom. The summed E-state index contributed by atoms with van der Waals surface area (Å²) < 4.78 is 22.3. The molecule has 62 heavy (non-hydrogen) atoms. The zero-order chi connectivity index (χ0) is 45.3. The van der Waals surface area contributed by atoms with Crippen molar-refractivity contribution in [1.82, 2.24) is 5.32 Å². The second-order valence-corrected chi connectivity index (χ2v) is 20.6. The van der Waals surface area contributed by atoms with Gasteiger partial charge in [0.15, 0.2) is 0 Å². The maximum absolute atomic E-state index is 12.9. The summed E-state index contributed by atoms with van der Waals surface area (Å²) in [5.41, 5.74) is 5.41. The van der Waals surface area contributed by atoms with E-state index >= 15 is 0 Å². The third kappa shape index (κ3) is 47.5. The average molecular weight is 901 g/mol. The number of amides is 1. The number of phosphoric ester groups is 1. The van der Waals surface area contributed by atoms with Crippen molar-refractivity contribution in [2.75, 3.05) is 19.8 Å². The van der Waals surface area contributed by atoms with Gasteiger partial charge in [0.25, 0.3) is 0 Å². The van der Waals surface area contributed by atoms with Crippen molar-refractivity contribution in [2.24, 2.45) is 5.73 Å². The van der Waals surface area contributed by atoms with Crippen molar-refractivity contribution >= 4 is 13.7 Å². The van der Waals surface area contributed by atoms with Gasteiger partial charge in [-0.3, -0.25) is 13.8 Å². The number of phosphoric acid groups is 1. The van der Waals surface area contributed by atoms with E-state index in [1.165, 1.54) is 238 Å². The molecule has 0 aliphatic carbocycles. The molecule has 8 nitrogen and oxygen atoms in total. The number of hydrogen-bond donors (Lipinski definition) is 4. The van der Waals surface area contributed by atoms with E-state index in [0.29, 0.717) is 12.8 Å². The molecule has 0 aromatic heterocycles. The molecule has 0 fully saturated rings. The van der Waals surface area contributed by atoms with Crippen LogP contribution in [0.1, 0.15) is 303 Å². The molecule has 0 radical (unpaired) electrons. The summed E-state index contributed by atoms with van der Waals surface area (Å²) in [6.45, 7) is 4.27. The van der Waals surface area contributed by atoms with E-state index in [0.717, 1.165) is 38.5 Å². The van der Waals surface area contributed by atoms with Crippen LogP contribution in [-0.2, 0) is 18.4 Å². The minimum atomic E-state index is -4.32. The number of hydrogen-bond acceptors (Lipinski definition) is 6. The van der Waals surface area contributed by atoms with Crippen LogP contribution >= 0.6 is 7.82 Å². The maximum Gasteiger partial charge on any atom is 0.472 e. The molecule has 0 heterocycles. The Labute approximate surface area is 386 Å². The minimum absolute atomic E-state index is 0.0929. The number of unbranched alkanes of at least 4 members (excludes halogenated alkanes) is 41. The molecule has 0 spiro atoms. The van der Waals surface area contributed by atoms with E-state index in [1.807, 2.05) is 0 Å². The number of carbonyl (C=O) groups excluding carboxylic acids is 1. The topological polar surface area (TPSA) is 131 Å². The molecule has 0 aliphatic heterocycles. The Balaban J connectivity index is 3.89. The number of aliphatic hydroxyl groups excluding tert-OH is 1. The molecule has 0 aromatic carbocycles. The molecular weight excluding hydrogens is 792 g/mol. The van der Waals surface area contributed by atoms with Crippen molar-refractivity contribution in [3.63, 3.8) is 0 Å². The Bertz CT molecular complexity index is 942. The van der Waals surface area contributed by atoms with Crippen molar-refractivity contribution in [2.45, 2.75) is 315 Å². The van der Waals surface area contributed by atoms with Crippen LogP contribution in [0.5, 0.6) is 0 Å². The number of rotatable bonds is 53. The minimum Gasteiger partial charge on any atom is -0.391 e. The van der Waals surface area contributed by atoms with Gasteiger partial charge >= 0.3 is 7.82 Å². The average Bonchev–Trinajstić information content (AvgIpc) is 3.26. The molecule has 0 saturated carbocycles. The van der Waals surface area contributed by atoms with E-state index in [-0.39, 0.29) is 25.7 Å². The second kappa shape index (κ2) is 49.9. The maximum atomic E-state index is 12.9. The van der Waals surface area contributed by atoms with Crippen LogP contribution in [0.3, 0.4) is 0 Å². The van der Waals surface area contributed by atoms with Gasteiger partial charge in [-0.25, -0.2) is 4.57 Å². The molecule has 9 heteroatoms. The van der Waals surface area contributed by atoms with Gasteiger partial charge in [-0.05, 0) is 12.8 Å². The molecule has 1 amide bonds. The van der Waals surface area contributed by atoms with E-state index in [4.69, 9.17) is 14.8 Å². The fourth-order valence-electron chi connectivity index (χ4n) is 8.79. The smallest absolute Gasteiger partial charge is 0.391 e. The molecule has 0 aromatic rings. The fraction of sp³-hybridized carbons (Fsp3) is 0.981. The molecule has 0 bridgehead atoms. The summed E-state index contributed by atoms with van der Waals surface area (Å²) >= 11 is 0. The predicted molar refractivity (Wildman–Crippen MR) is 268 cm³/mol. The first kappa shape index (κ1) is 61.5. The van der Waals surface area contributed by atoms with Gasteiger partial charge < -0.3 is 21.1 Å². The van der Waals surface area contributed by atoms with E-state index < -0.39 is 20.0 Å². The lowest BCUT2D eigenvalue weighted by Crippen LogP contribution is -2.46. The molecule has 372 valence electrons. The van der Waals surface area contributed by atoms with Crippen LogP contribution < -0.4 is 11.1 Å². The summed E-state index contributed by atoms with van der Waals surface area (Å²) in [7, 11) is -4.32. The third-order valence-electron chi connectivity index (χ3n) is 13.0. The van der Waals surface area contributed by atoms with Gasteiger partial charge in [-0.1, -0.05) is 284 Å². The highest BCUT2D eigenvalue weighted by Crippen LogP contribution is 2.43. The Morgan fingerprint density at radius 2 is 0.742 bits per heavy atom. The first-order valence-corrected chi connectivity index (χ1v) is 29.1. The highest BCUT2D eigenvalue weighted by atomic mass is 31.2. The molecule has 0 saturated heterocycles. The normalized spacial score (nSPS) is 13.7. The van der Waals surface area contributed by atoms with E-state index in [1.54, 1.807) is 0 Å². The molecule has 5 N–H and O–H groups in total. The molecule has 0 rings (SSSR count). The van der Waals surface area contributed by atoms with Crippen LogP contribution in [0.4, 0.5) is 0 Å². The summed E-state index contributed by atoms with van der Waals surface area (Å²) in [5.74, 6) is -0.153. The van der Waals surface area contributed by atoms with Gasteiger partial charge in [0, 0.05) is 13.0 Å². The first-order chi connectivity index (χ1) is 30.4. The number of aliphatic hydroxyl groups is 1. The van der Waals surface area contributed by atoms with Crippen molar-refractivity contribution in [3.05, 3.63) is 0 Å². The summed E-state index contributed by atoms with van der Waals surface area (Å²) in [6, 6.07) is -0.769. The molecule has 0 aliphatic rings. The standard InChI is InChI=1S/C53H109N2O6P/c1-3-5-7-9-11-13-15-17-19-21-22-23-24-25-26-27-28-29-30-31-33-35-37-39-41-43-45-47-53(57)55-51(50-61-62(58,59)60-49-48-54)52(56)46-44-42-40-38-36-34-32-20-18-16-14-12-10-8-6-4-2/h51-52,56H,3-50,54H2,1-2H3,(H,55,57)(H,58,59)/t51-,52+/m0/s1. The Hall–Kier alpha value is -0.500. The molecule has 3 atom stereocenters. The van der Waals surface area contributed by atoms with Crippen LogP contribution in [0.2, 0.25) is 0 Å². The van der Waals surface area contributed by atoms with Gasteiger partial charge in [0.05, 0.1) is 25.4 Å². The fourth-order valence-corrected chi connectivity index (χ4v) is 9.55. The highest BCUT2D eigenvalue weighted by molar-refractivity contribution is 7.47. The van der Waals surface area contributed by atoms with Crippen LogP contribution in [0.15, 0.2) is 0 Å². The highest BCUT2D eigenvalue weighted by Gasteiger charge is 2.27. The summed E-state index contributed by atoms with van der Waals surface area (Å²) in [4.78, 5) is 22.9. The lowest BCUT2D eigenvalue weighted by Gasteiger charge is -2.25. The van der Waals surface area contributed by atoms with Crippen molar-refractivity contribution in [1.29, 1.82) is 0 Å². The van der Waals surface area contributed by atoms with Crippen LogP contribution in [0.25, 0.3) is 0 Å². The van der Waals surface area contributed by atoms with Crippen LogP contribution in [-0.4, -0.2) is 47.8 Å². The quantitative estimate of drug-likeness (QED) is 0.0353. The number of carbonyl (C=O) groups is 1. The van der Waals surface area contributed by atoms with E-state index in [9.17, 15) is 19.4 Å². The predicted octanol–water partition coefficient (Wildman–Crippen LogP) is 16.5. The zero-order valence-electron chi connectivity index (χ0n) is 41.6. The van der Waals surface area contributed by atoms with E-state index in [2.05, 4.69) is 19.2 Å². The first-order valence-electron chi connectivity index (χ1n) is 27.7. The lowest BCUT2D eigenvalue weighted by atomic mass is 10.0. The summed E-state index contributed by atoms with van der Waals surface area (Å²) in [6.07, 6.45) is 57.1. The Kier molecular flexibility index (Phi) is 49.5.